The maximum absolute atomic E-state index is 12.8. The van der Waals surface area contributed by atoms with E-state index in [0.717, 1.165) is 19.3 Å². The summed E-state index contributed by atoms with van der Waals surface area (Å²) >= 11 is 0. The average molecular weight is 299 g/mol. The zero-order chi connectivity index (χ0) is 14.8. The Balaban J connectivity index is 2.18. The Kier molecular flexibility index (Phi) is 4.86. The molecule has 1 fully saturated rings. The summed E-state index contributed by atoms with van der Waals surface area (Å²) < 4.78 is 27.2. The minimum absolute atomic E-state index is 0.367. The van der Waals surface area contributed by atoms with Gasteiger partial charge in [-0.1, -0.05) is 19.8 Å². The summed E-state index contributed by atoms with van der Waals surface area (Å²) in [6.45, 7) is 6.97. The first-order valence-electron chi connectivity index (χ1n) is 7.48. The van der Waals surface area contributed by atoms with Gasteiger partial charge in [-0.05, 0) is 39.0 Å². The Labute approximate surface area is 121 Å². The molecular formula is C14H25N3O2S. The third-order valence-electron chi connectivity index (χ3n) is 4.16. The van der Waals surface area contributed by atoms with Crippen LogP contribution in [0.1, 0.15) is 50.4 Å². The fourth-order valence-electron chi connectivity index (χ4n) is 3.13. The van der Waals surface area contributed by atoms with Crippen LogP contribution < -0.4 is 0 Å². The molecule has 114 valence electrons. The van der Waals surface area contributed by atoms with E-state index in [9.17, 15) is 8.42 Å². The molecule has 1 aromatic heterocycles. The van der Waals surface area contributed by atoms with Crippen molar-refractivity contribution in [2.75, 3.05) is 13.1 Å². The second kappa shape index (κ2) is 6.26. The second-order valence-corrected chi connectivity index (χ2v) is 7.63. The van der Waals surface area contributed by atoms with Gasteiger partial charge >= 0.3 is 0 Å². The fraction of sp³-hybridized carbons (Fsp3) is 0.786. The lowest BCUT2D eigenvalue weighted by Gasteiger charge is -2.20. The second-order valence-electron chi connectivity index (χ2n) is 5.75. The van der Waals surface area contributed by atoms with Gasteiger partial charge in [-0.3, -0.25) is 5.10 Å². The molecule has 1 aromatic rings. The van der Waals surface area contributed by atoms with Crippen molar-refractivity contribution in [3.05, 3.63) is 11.4 Å². The number of nitrogens with zero attached hydrogens (tertiary/aromatic N) is 2. The number of aromatic amines is 1. The van der Waals surface area contributed by atoms with Crippen molar-refractivity contribution >= 4 is 10.0 Å². The lowest BCUT2D eigenvalue weighted by atomic mass is 9.96. The highest BCUT2D eigenvalue weighted by molar-refractivity contribution is 7.89. The van der Waals surface area contributed by atoms with Crippen LogP contribution in [0, 0.1) is 19.8 Å². The molecule has 20 heavy (non-hydrogen) atoms. The molecule has 0 radical (unpaired) electrons. The molecule has 2 heterocycles. The van der Waals surface area contributed by atoms with Crippen molar-refractivity contribution in [1.82, 2.24) is 14.5 Å². The van der Waals surface area contributed by atoms with Gasteiger partial charge in [-0.2, -0.15) is 9.40 Å². The van der Waals surface area contributed by atoms with Crippen LogP contribution in [-0.4, -0.2) is 36.0 Å². The van der Waals surface area contributed by atoms with Gasteiger partial charge in [0.25, 0.3) is 0 Å². The van der Waals surface area contributed by atoms with Gasteiger partial charge in [0.2, 0.25) is 10.0 Å². The number of aromatic nitrogens is 2. The fourth-order valence-corrected chi connectivity index (χ4v) is 4.95. The van der Waals surface area contributed by atoms with E-state index in [4.69, 9.17) is 0 Å². The molecule has 0 spiro atoms. The van der Waals surface area contributed by atoms with Crippen molar-refractivity contribution in [2.24, 2.45) is 5.92 Å². The van der Waals surface area contributed by atoms with Gasteiger partial charge < -0.3 is 0 Å². The lowest BCUT2D eigenvalue weighted by molar-refractivity contribution is 0.399. The van der Waals surface area contributed by atoms with E-state index in [0.29, 0.717) is 35.3 Å². The number of hydrogen-bond acceptors (Lipinski definition) is 3. The molecule has 5 nitrogen and oxygen atoms in total. The smallest absolute Gasteiger partial charge is 0.246 e. The highest BCUT2D eigenvalue weighted by atomic mass is 32.2. The standard InChI is InChI=1S/C14H25N3O2S/c1-4-6-13-7-5-9-17(10-8-13)20(18,19)14-11(2)15-16-12(14)3/h13H,4-10H2,1-3H3,(H,15,16). The molecule has 1 aliphatic heterocycles. The van der Waals surface area contributed by atoms with E-state index in [1.54, 1.807) is 18.2 Å². The summed E-state index contributed by atoms with van der Waals surface area (Å²) in [4.78, 5) is 0.367. The maximum Gasteiger partial charge on any atom is 0.246 e. The molecule has 0 aromatic carbocycles. The predicted molar refractivity (Wildman–Crippen MR) is 79.1 cm³/mol. The zero-order valence-corrected chi connectivity index (χ0v) is 13.5. The molecule has 1 atom stereocenters. The van der Waals surface area contributed by atoms with Crippen molar-refractivity contribution in [1.29, 1.82) is 0 Å². The van der Waals surface area contributed by atoms with E-state index >= 15 is 0 Å². The van der Waals surface area contributed by atoms with Gasteiger partial charge in [-0.15, -0.1) is 0 Å². The summed E-state index contributed by atoms with van der Waals surface area (Å²) in [6, 6.07) is 0. The largest absolute Gasteiger partial charge is 0.281 e. The van der Waals surface area contributed by atoms with Crippen molar-refractivity contribution in [3.63, 3.8) is 0 Å². The predicted octanol–water partition coefficient (Wildman–Crippen LogP) is 2.62. The number of rotatable bonds is 4. The molecular weight excluding hydrogens is 274 g/mol. The summed E-state index contributed by atoms with van der Waals surface area (Å²) in [6.07, 6.45) is 5.46. The van der Waals surface area contributed by atoms with Gasteiger partial charge in [0.15, 0.2) is 0 Å². The molecule has 1 saturated heterocycles. The molecule has 1 aliphatic rings. The van der Waals surface area contributed by atoms with Gasteiger partial charge in [-0.25, -0.2) is 8.42 Å². The number of aryl methyl sites for hydroxylation is 2. The van der Waals surface area contributed by atoms with Gasteiger partial charge in [0, 0.05) is 13.1 Å². The Morgan fingerprint density at radius 3 is 2.65 bits per heavy atom. The van der Waals surface area contributed by atoms with E-state index < -0.39 is 10.0 Å². The van der Waals surface area contributed by atoms with E-state index in [1.165, 1.54) is 12.8 Å². The van der Waals surface area contributed by atoms with Crippen LogP contribution in [0.3, 0.4) is 0 Å². The van der Waals surface area contributed by atoms with E-state index in [2.05, 4.69) is 17.1 Å². The normalized spacial score (nSPS) is 21.9. The number of hydrogen-bond donors (Lipinski definition) is 1. The highest BCUT2D eigenvalue weighted by Crippen LogP contribution is 2.27. The minimum atomic E-state index is -3.40. The van der Waals surface area contributed by atoms with Gasteiger partial charge in [0.05, 0.1) is 11.4 Å². The Hall–Kier alpha value is -0.880. The van der Waals surface area contributed by atoms with Crippen LogP contribution in [0.5, 0.6) is 0 Å². The topological polar surface area (TPSA) is 66.1 Å². The SMILES string of the molecule is CCCC1CCCN(S(=O)(=O)c2c(C)n[nH]c2C)CC1. The highest BCUT2D eigenvalue weighted by Gasteiger charge is 2.31. The Bertz CT molecular complexity index is 531. The quantitative estimate of drug-likeness (QED) is 0.929. The number of nitrogens with one attached hydrogen (secondary N) is 1. The third kappa shape index (κ3) is 3.06. The molecule has 1 unspecified atom stereocenters. The minimum Gasteiger partial charge on any atom is -0.281 e. The summed E-state index contributed by atoms with van der Waals surface area (Å²) in [5, 5.41) is 6.79. The number of sulfonamides is 1. The molecule has 0 aliphatic carbocycles. The molecule has 2 rings (SSSR count). The third-order valence-corrected chi connectivity index (χ3v) is 6.32. The van der Waals surface area contributed by atoms with E-state index in [-0.39, 0.29) is 0 Å². The number of H-pyrrole nitrogens is 1. The van der Waals surface area contributed by atoms with Gasteiger partial charge in [0.1, 0.15) is 4.90 Å². The zero-order valence-electron chi connectivity index (χ0n) is 12.6. The van der Waals surface area contributed by atoms with Crippen LogP contribution in [0.15, 0.2) is 4.90 Å². The monoisotopic (exact) mass is 299 g/mol. The van der Waals surface area contributed by atoms with Crippen LogP contribution in [0.4, 0.5) is 0 Å². The first-order valence-corrected chi connectivity index (χ1v) is 8.92. The Morgan fingerprint density at radius 1 is 1.30 bits per heavy atom. The van der Waals surface area contributed by atoms with Crippen molar-refractivity contribution < 1.29 is 8.42 Å². The average Bonchev–Trinajstić information content (AvgIpc) is 2.62. The molecule has 0 saturated carbocycles. The van der Waals surface area contributed by atoms with Crippen LogP contribution >= 0.6 is 0 Å². The summed E-state index contributed by atoms with van der Waals surface area (Å²) in [5.74, 6) is 0.673. The van der Waals surface area contributed by atoms with Crippen molar-refractivity contribution in [2.45, 2.75) is 57.8 Å². The summed E-state index contributed by atoms with van der Waals surface area (Å²) in [7, 11) is -3.40. The molecule has 1 N–H and O–H groups in total. The lowest BCUT2D eigenvalue weighted by Crippen LogP contribution is -2.32. The molecule has 6 heteroatoms. The maximum atomic E-state index is 12.8. The van der Waals surface area contributed by atoms with Crippen LogP contribution in [-0.2, 0) is 10.0 Å². The van der Waals surface area contributed by atoms with Crippen molar-refractivity contribution in [3.8, 4) is 0 Å². The van der Waals surface area contributed by atoms with Crippen LogP contribution in [0.25, 0.3) is 0 Å². The Morgan fingerprint density at radius 2 is 2.05 bits per heavy atom. The first-order chi connectivity index (χ1) is 9.46. The van der Waals surface area contributed by atoms with Crippen LogP contribution in [0.2, 0.25) is 0 Å². The molecule has 0 amide bonds. The first kappa shape index (κ1) is 15.5. The van der Waals surface area contributed by atoms with E-state index in [1.807, 2.05) is 0 Å². The summed E-state index contributed by atoms with van der Waals surface area (Å²) in [5.41, 5.74) is 1.20. The molecule has 0 bridgehead atoms.